The van der Waals surface area contributed by atoms with E-state index in [0.29, 0.717) is 5.69 Å². The Morgan fingerprint density at radius 1 is 1.21 bits per heavy atom. The summed E-state index contributed by atoms with van der Waals surface area (Å²) in [5.74, 6) is -1.53. The first-order valence-corrected chi connectivity index (χ1v) is 6.17. The van der Waals surface area contributed by atoms with E-state index in [0.717, 1.165) is 11.1 Å². The van der Waals surface area contributed by atoms with E-state index in [-0.39, 0.29) is 5.92 Å². The molecule has 5 heteroatoms. The van der Waals surface area contributed by atoms with Gasteiger partial charge in [0.1, 0.15) is 0 Å². The number of amides is 2. The minimum Gasteiger partial charge on any atom is -0.548 e. The second kappa shape index (κ2) is 6.22. The van der Waals surface area contributed by atoms with Gasteiger partial charge in [-0.1, -0.05) is 31.5 Å². The fraction of sp³-hybridized carbons (Fsp3) is 0.429. The number of carboxylic acids is 1. The van der Waals surface area contributed by atoms with Crippen LogP contribution in [-0.4, -0.2) is 18.0 Å². The van der Waals surface area contributed by atoms with Crippen LogP contribution in [0.3, 0.4) is 0 Å². The third-order valence-corrected chi connectivity index (χ3v) is 2.84. The van der Waals surface area contributed by atoms with Crippen LogP contribution in [0, 0.1) is 19.8 Å². The van der Waals surface area contributed by atoms with Crippen LogP contribution in [0.1, 0.15) is 25.0 Å². The number of hydrogen-bond donors (Lipinski definition) is 2. The highest BCUT2D eigenvalue weighted by Crippen LogP contribution is 2.15. The van der Waals surface area contributed by atoms with Crippen LogP contribution >= 0.6 is 0 Å². The van der Waals surface area contributed by atoms with Crippen LogP contribution in [0.4, 0.5) is 10.5 Å². The lowest BCUT2D eigenvalue weighted by Crippen LogP contribution is -2.51. The topological polar surface area (TPSA) is 81.3 Å². The highest BCUT2D eigenvalue weighted by molar-refractivity contribution is 5.92. The molecule has 0 aromatic heterocycles. The smallest absolute Gasteiger partial charge is 0.319 e. The minimum atomic E-state index is -1.29. The van der Waals surface area contributed by atoms with Gasteiger partial charge in [-0.3, -0.25) is 0 Å². The average molecular weight is 263 g/mol. The number of hydrogen-bond acceptors (Lipinski definition) is 3. The van der Waals surface area contributed by atoms with Crippen molar-refractivity contribution in [3.8, 4) is 0 Å². The molecule has 19 heavy (non-hydrogen) atoms. The average Bonchev–Trinajstić information content (AvgIpc) is 2.29. The predicted molar refractivity (Wildman–Crippen MR) is 71.7 cm³/mol. The number of urea groups is 1. The Morgan fingerprint density at radius 3 is 2.32 bits per heavy atom. The Hall–Kier alpha value is -2.04. The minimum absolute atomic E-state index is 0.241. The number of benzene rings is 1. The van der Waals surface area contributed by atoms with Gasteiger partial charge in [-0.05, 0) is 31.4 Å². The largest absolute Gasteiger partial charge is 0.548 e. The molecule has 0 spiro atoms. The van der Waals surface area contributed by atoms with E-state index in [9.17, 15) is 14.7 Å². The number of carbonyl (C=O) groups is 2. The van der Waals surface area contributed by atoms with Crippen LogP contribution in [0.5, 0.6) is 0 Å². The zero-order valence-electron chi connectivity index (χ0n) is 11.6. The Bertz CT molecular complexity index is 484. The Balaban J connectivity index is 2.72. The maximum absolute atomic E-state index is 11.8. The molecule has 1 aromatic carbocycles. The number of carboxylic acid groups (broad SMARTS) is 1. The molecule has 1 atom stereocenters. The molecule has 0 unspecified atom stereocenters. The lowest BCUT2D eigenvalue weighted by atomic mass is 10.1. The van der Waals surface area contributed by atoms with E-state index in [1.807, 2.05) is 26.0 Å². The normalized spacial score (nSPS) is 12.1. The second-order valence-electron chi connectivity index (χ2n) is 4.96. The van der Waals surface area contributed by atoms with E-state index in [4.69, 9.17) is 0 Å². The molecule has 2 N–H and O–H groups in total. The summed E-state index contributed by atoms with van der Waals surface area (Å²) in [6.07, 6.45) is 0. The summed E-state index contributed by atoms with van der Waals surface area (Å²) in [7, 11) is 0. The monoisotopic (exact) mass is 263 g/mol. The molecular formula is C14H19N2O3-. The van der Waals surface area contributed by atoms with Crippen molar-refractivity contribution in [2.24, 2.45) is 5.92 Å². The van der Waals surface area contributed by atoms with Gasteiger partial charge in [-0.15, -0.1) is 0 Å². The van der Waals surface area contributed by atoms with Crippen molar-refractivity contribution < 1.29 is 14.7 Å². The van der Waals surface area contributed by atoms with E-state index in [1.165, 1.54) is 0 Å². The number of aryl methyl sites for hydroxylation is 2. The van der Waals surface area contributed by atoms with Gasteiger partial charge in [-0.2, -0.15) is 0 Å². The standard InChI is InChI=1S/C14H20N2O3/c1-8(2)12(13(17)18)16-14(19)15-11-6-5-9(3)7-10(11)4/h5-8,12H,1-4H3,(H,17,18)(H2,15,16,19)/p-1/t12-/m0/s1. The molecule has 0 aliphatic heterocycles. The maximum Gasteiger partial charge on any atom is 0.319 e. The molecule has 104 valence electrons. The number of rotatable bonds is 4. The van der Waals surface area contributed by atoms with E-state index in [1.54, 1.807) is 19.9 Å². The van der Waals surface area contributed by atoms with Gasteiger partial charge >= 0.3 is 6.03 Å². The highest BCUT2D eigenvalue weighted by Gasteiger charge is 2.17. The summed E-state index contributed by atoms with van der Waals surface area (Å²) < 4.78 is 0. The maximum atomic E-state index is 11.8. The van der Waals surface area contributed by atoms with Gasteiger partial charge in [-0.25, -0.2) is 4.79 Å². The van der Waals surface area contributed by atoms with Crippen LogP contribution in [-0.2, 0) is 4.79 Å². The van der Waals surface area contributed by atoms with Gasteiger partial charge < -0.3 is 20.5 Å². The van der Waals surface area contributed by atoms with Crippen molar-refractivity contribution in [3.05, 3.63) is 29.3 Å². The molecule has 0 fully saturated rings. The highest BCUT2D eigenvalue weighted by atomic mass is 16.4. The van der Waals surface area contributed by atoms with Crippen molar-refractivity contribution >= 4 is 17.7 Å². The summed E-state index contributed by atoms with van der Waals surface area (Å²) in [5, 5.41) is 15.9. The molecular weight excluding hydrogens is 244 g/mol. The summed E-state index contributed by atoms with van der Waals surface area (Å²) >= 11 is 0. The van der Waals surface area contributed by atoms with Gasteiger partial charge in [0.2, 0.25) is 0 Å². The molecule has 0 bridgehead atoms. The first-order valence-electron chi connectivity index (χ1n) is 6.17. The lowest BCUT2D eigenvalue weighted by molar-refractivity contribution is -0.309. The quantitative estimate of drug-likeness (QED) is 0.856. The molecule has 2 amide bonds. The molecule has 0 aliphatic rings. The van der Waals surface area contributed by atoms with Crippen molar-refractivity contribution in [1.82, 2.24) is 5.32 Å². The van der Waals surface area contributed by atoms with Gasteiger partial charge in [0.05, 0.1) is 12.0 Å². The predicted octanol–water partition coefficient (Wildman–Crippen LogP) is 1.20. The van der Waals surface area contributed by atoms with Crippen LogP contribution in [0.2, 0.25) is 0 Å². The SMILES string of the molecule is Cc1ccc(NC(=O)N[C@H](C(=O)[O-])C(C)C)c(C)c1. The molecule has 0 saturated heterocycles. The van der Waals surface area contributed by atoms with Crippen molar-refractivity contribution in [2.75, 3.05) is 5.32 Å². The zero-order valence-corrected chi connectivity index (χ0v) is 11.6. The van der Waals surface area contributed by atoms with E-state index >= 15 is 0 Å². The second-order valence-corrected chi connectivity index (χ2v) is 4.96. The van der Waals surface area contributed by atoms with Gasteiger partial charge in [0.15, 0.2) is 0 Å². The zero-order chi connectivity index (χ0) is 14.6. The van der Waals surface area contributed by atoms with Gasteiger partial charge in [0, 0.05) is 5.69 Å². The summed E-state index contributed by atoms with van der Waals surface area (Å²) in [6, 6.07) is 4.05. The Labute approximate surface area is 113 Å². The number of aliphatic carboxylic acids is 1. The van der Waals surface area contributed by atoms with Crippen molar-refractivity contribution in [3.63, 3.8) is 0 Å². The molecule has 5 nitrogen and oxygen atoms in total. The number of anilines is 1. The number of nitrogens with one attached hydrogen (secondary N) is 2. The third-order valence-electron chi connectivity index (χ3n) is 2.84. The van der Waals surface area contributed by atoms with E-state index in [2.05, 4.69) is 10.6 Å². The summed E-state index contributed by atoms with van der Waals surface area (Å²) in [5.41, 5.74) is 2.67. The molecule has 0 heterocycles. The van der Waals surface area contributed by atoms with Crippen molar-refractivity contribution in [1.29, 1.82) is 0 Å². The molecule has 1 aromatic rings. The van der Waals surface area contributed by atoms with Crippen LogP contribution in [0.15, 0.2) is 18.2 Å². The first-order chi connectivity index (χ1) is 8.81. The summed E-state index contributed by atoms with van der Waals surface area (Å²) in [4.78, 5) is 22.6. The van der Waals surface area contributed by atoms with Crippen LogP contribution < -0.4 is 15.7 Å². The molecule has 1 rings (SSSR count). The third kappa shape index (κ3) is 4.28. The van der Waals surface area contributed by atoms with Gasteiger partial charge in [0.25, 0.3) is 0 Å². The van der Waals surface area contributed by atoms with E-state index < -0.39 is 18.0 Å². The molecule has 0 radical (unpaired) electrons. The van der Waals surface area contributed by atoms with Crippen LogP contribution in [0.25, 0.3) is 0 Å². The lowest BCUT2D eigenvalue weighted by Gasteiger charge is -2.23. The summed E-state index contributed by atoms with van der Waals surface area (Å²) in [6.45, 7) is 7.25. The molecule has 0 aliphatic carbocycles. The fourth-order valence-electron chi connectivity index (χ4n) is 1.75. The van der Waals surface area contributed by atoms with Crippen molar-refractivity contribution in [2.45, 2.75) is 33.7 Å². The Kier molecular flexibility index (Phi) is 4.92. The fourth-order valence-corrected chi connectivity index (χ4v) is 1.75. The Morgan fingerprint density at radius 2 is 1.84 bits per heavy atom. The molecule has 0 saturated carbocycles. The number of carbonyl (C=O) groups excluding carboxylic acids is 2. The first kappa shape index (κ1) is 15.0.